The van der Waals surface area contributed by atoms with Crippen molar-refractivity contribution in [3.63, 3.8) is 0 Å². The predicted molar refractivity (Wildman–Crippen MR) is 84.3 cm³/mol. The summed E-state index contributed by atoms with van der Waals surface area (Å²) in [5, 5.41) is 0.979. The second-order valence-electron chi connectivity index (χ2n) is 5.76. The number of nitrogens with zero attached hydrogens (tertiary/aromatic N) is 1. The summed E-state index contributed by atoms with van der Waals surface area (Å²) in [6, 6.07) is 0. The van der Waals surface area contributed by atoms with Crippen LogP contribution in [0.25, 0.3) is 0 Å². The minimum atomic E-state index is -0.357. The van der Waals surface area contributed by atoms with Crippen LogP contribution in [0.4, 0.5) is 10.7 Å². The highest BCUT2D eigenvalue weighted by atomic mass is 32.1. The number of fused-ring (bicyclic) bond motifs is 1. The molecule has 6 heteroatoms. The van der Waals surface area contributed by atoms with Gasteiger partial charge in [0.25, 0.3) is 0 Å². The fourth-order valence-electron chi connectivity index (χ4n) is 3.57. The number of carbonyl (C=O) groups excluding carboxylic acids is 1. The van der Waals surface area contributed by atoms with E-state index in [2.05, 4.69) is 4.90 Å². The first-order valence-electron chi connectivity index (χ1n) is 7.54. The maximum Gasteiger partial charge on any atom is 0.350 e. The average molecular weight is 310 g/mol. The van der Waals surface area contributed by atoms with Gasteiger partial charge in [0.15, 0.2) is 5.75 Å². The lowest BCUT2D eigenvalue weighted by Crippen LogP contribution is -2.20. The molecule has 2 unspecified atom stereocenters. The number of methoxy groups -OCH3 is 1. The van der Waals surface area contributed by atoms with Gasteiger partial charge in [-0.3, -0.25) is 0 Å². The molecule has 2 atom stereocenters. The molecule has 1 saturated heterocycles. The Bertz CT molecular complexity index is 531. The van der Waals surface area contributed by atoms with Gasteiger partial charge >= 0.3 is 5.97 Å². The number of hydrogen-bond acceptors (Lipinski definition) is 6. The van der Waals surface area contributed by atoms with Gasteiger partial charge in [-0.05, 0) is 31.6 Å². The first kappa shape index (κ1) is 14.5. The summed E-state index contributed by atoms with van der Waals surface area (Å²) in [6.45, 7) is 4.23. The van der Waals surface area contributed by atoms with Gasteiger partial charge in [0.05, 0.1) is 13.7 Å². The zero-order chi connectivity index (χ0) is 15.0. The van der Waals surface area contributed by atoms with Crippen LogP contribution in [0.3, 0.4) is 0 Å². The highest BCUT2D eigenvalue weighted by molar-refractivity contribution is 7.19. The molecular formula is C15H22N2O3S. The van der Waals surface area contributed by atoms with Crippen molar-refractivity contribution in [1.29, 1.82) is 0 Å². The summed E-state index contributed by atoms with van der Waals surface area (Å²) in [7, 11) is 1.60. The van der Waals surface area contributed by atoms with Gasteiger partial charge < -0.3 is 20.1 Å². The standard InChI is InChI=1S/C15H22N2O3S/c1-3-20-15(18)13-11(16)12(19-2)14(21-13)17-7-9-5-4-6-10(9)8-17/h9-10H,3-8,16H2,1-2H3. The molecular weight excluding hydrogens is 288 g/mol. The predicted octanol–water partition coefficient (Wildman–Crippen LogP) is 2.75. The highest BCUT2D eigenvalue weighted by Gasteiger charge is 2.38. The molecule has 1 aliphatic heterocycles. The van der Waals surface area contributed by atoms with Crippen LogP contribution in [0, 0.1) is 11.8 Å². The second-order valence-corrected chi connectivity index (χ2v) is 6.76. The Kier molecular flexibility index (Phi) is 3.97. The summed E-state index contributed by atoms with van der Waals surface area (Å²) in [5.41, 5.74) is 6.50. The molecule has 2 heterocycles. The van der Waals surface area contributed by atoms with Gasteiger partial charge in [-0.15, -0.1) is 11.3 Å². The first-order valence-corrected chi connectivity index (χ1v) is 8.35. The number of hydrogen-bond donors (Lipinski definition) is 1. The second kappa shape index (κ2) is 5.75. The molecule has 0 bridgehead atoms. The molecule has 1 aromatic heterocycles. The molecule has 21 heavy (non-hydrogen) atoms. The van der Waals surface area contributed by atoms with Gasteiger partial charge in [-0.1, -0.05) is 6.42 Å². The Hall–Kier alpha value is -1.43. The fourth-order valence-corrected chi connectivity index (χ4v) is 4.67. The number of nitrogens with two attached hydrogens (primary N) is 1. The summed E-state index contributed by atoms with van der Waals surface area (Å²) in [5.74, 6) is 1.83. The monoisotopic (exact) mass is 310 g/mol. The third-order valence-corrected chi connectivity index (χ3v) is 5.79. The van der Waals surface area contributed by atoms with Crippen molar-refractivity contribution < 1.29 is 14.3 Å². The van der Waals surface area contributed by atoms with E-state index in [1.165, 1.54) is 30.6 Å². The summed E-state index contributed by atoms with van der Waals surface area (Å²) < 4.78 is 10.5. The maximum atomic E-state index is 12.0. The molecule has 5 nitrogen and oxygen atoms in total. The zero-order valence-electron chi connectivity index (χ0n) is 12.6. The molecule has 0 spiro atoms. The molecule has 1 saturated carbocycles. The third kappa shape index (κ3) is 2.46. The Morgan fingerprint density at radius 3 is 2.62 bits per heavy atom. The normalized spacial score (nSPS) is 24.2. The van der Waals surface area contributed by atoms with Crippen LogP contribution in [0.5, 0.6) is 5.75 Å². The van der Waals surface area contributed by atoms with Crippen molar-refractivity contribution in [1.82, 2.24) is 0 Å². The smallest absolute Gasteiger partial charge is 0.350 e. The van der Waals surface area contributed by atoms with Gasteiger partial charge in [0.2, 0.25) is 0 Å². The lowest BCUT2D eigenvalue weighted by atomic mass is 10.0. The molecule has 1 aliphatic carbocycles. The van der Waals surface area contributed by atoms with Crippen LogP contribution in [0.2, 0.25) is 0 Å². The van der Waals surface area contributed by atoms with Crippen molar-refractivity contribution in [2.45, 2.75) is 26.2 Å². The SMILES string of the molecule is CCOC(=O)c1sc(N2CC3CCCC3C2)c(OC)c1N. The minimum absolute atomic E-state index is 0.349. The molecule has 1 aromatic rings. The van der Waals surface area contributed by atoms with E-state index in [9.17, 15) is 4.79 Å². The van der Waals surface area contributed by atoms with Crippen molar-refractivity contribution in [2.24, 2.45) is 11.8 Å². The van der Waals surface area contributed by atoms with Crippen molar-refractivity contribution in [3.05, 3.63) is 4.88 Å². The Labute approximate surface area is 129 Å². The summed E-state index contributed by atoms with van der Waals surface area (Å²) in [4.78, 5) is 14.8. The first-order chi connectivity index (χ1) is 10.2. The van der Waals surface area contributed by atoms with Crippen LogP contribution in [-0.4, -0.2) is 32.8 Å². The van der Waals surface area contributed by atoms with Crippen molar-refractivity contribution in [2.75, 3.05) is 37.4 Å². The number of ether oxygens (including phenoxy) is 2. The van der Waals surface area contributed by atoms with E-state index in [4.69, 9.17) is 15.2 Å². The fraction of sp³-hybridized carbons (Fsp3) is 0.667. The number of nitrogen functional groups attached to an aromatic ring is 1. The Morgan fingerprint density at radius 1 is 1.38 bits per heavy atom. The molecule has 2 fully saturated rings. The van der Waals surface area contributed by atoms with Gasteiger partial charge in [-0.2, -0.15) is 0 Å². The largest absolute Gasteiger partial charge is 0.492 e. The van der Waals surface area contributed by atoms with Crippen molar-refractivity contribution in [3.8, 4) is 5.75 Å². The van der Waals surface area contributed by atoms with Crippen LogP contribution in [-0.2, 0) is 4.74 Å². The molecule has 3 rings (SSSR count). The topological polar surface area (TPSA) is 64.8 Å². The molecule has 0 radical (unpaired) electrons. The van der Waals surface area contributed by atoms with Crippen LogP contribution in [0.15, 0.2) is 0 Å². The lowest BCUT2D eigenvalue weighted by molar-refractivity contribution is 0.0533. The van der Waals surface area contributed by atoms with Gasteiger partial charge in [0.1, 0.15) is 15.6 Å². The van der Waals surface area contributed by atoms with Crippen molar-refractivity contribution >= 4 is 28.0 Å². The number of rotatable bonds is 4. The third-order valence-electron chi connectivity index (χ3n) is 4.56. The molecule has 2 aliphatic rings. The Morgan fingerprint density at radius 2 is 2.05 bits per heavy atom. The summed E-state index contributed by atoms with van der Waals surface area (Å²) in [6.07, 6.45) is 3.98. The van der Waals surface area contributed by atoms with E-state index < -0.39 is 0 Å². The Balaban J connectivity index is 1.88. The van der Waals surface area contributed by atoms with Gasteiger partial charge in [-0.25, -0.2) is 4.79 Å². The van der Waals surface area contributed by atoms with E-state index in [1.807, 2.05) is 0 Å². The number of carbonyl (C=O) groups is 1. The molecule has 0 aromatic carbocycles. The maximum absolute atomic E-state index is 12.0. The van der Waals surface area contributed by atoms with E-state index in [1.54, 1.807) is 14.0 Å². The average Bonchev–Trinajstić information content (AvgIpc) is 3.10. The van der Waals surface area contributed by atoms with Crippen LogP contribution < -0.4 is 15.4 Å². The van der Waals surface area contributed by atoms with Crippen LogP contribution in [0.1, 0.15) is 35.9 Å². The number of esters is 1. The molecule has 116 valence electrons. The van der Waals surface area contributed by atoms with E-state index in [-0.39, 0.29) is 5.97 Å². The zero-order valence-corrected chi connectivity index (χ0v) is 13.4. The lowest BCUT2D eigenvalue weighted by Gasteiger charge is -2.18. The number of thiophene rings is 1. The van der Waals surface area contributed by atoms with Gasteiger partial charge in [0, 0.05) is 13.1 Å². The molecule has 0 amide bonds. The highest BCUT2D eigenvalue weighted by Crippen LogP contribution is 2.49. The number of anilines is 2. The van der Waals surface area contributed by atoms with Crippen LogP contribution >= 0.6 is 11.3 Å². The van der Waals surface area contributed by atoms with E-state index >= 15 is 0 Å². The minimum Gasteiger partial charge on any atom is -0.492 e. The quantitative estimate of drug-likeness (QED) is 0.866. The van der Waals surface area contributed by atoms with E-state index in [0.717, 1.165) is 29.9 Å². The molecule has 2 N–H and O–H groups in total. The summed E-state index contributed by atoms with van der Waals surface area (Å²) >= 11 is 1.40. The van der Waals surface area contributed by atoms with E-state index in [0.29, 0.717) is 22.9 Å².